The summed E-state index contributed by atoms with van der Waals surface area (Å²) in [6.45, 7) is 5.92. The van der Waals surface area contributed by atoms with Gasteiger partial charge in [-0.05, 0) is 31.2 Å². The summed E-state index contributed by atoms with van der Waals surface area (Å²) in [6, 6.07) is 17.4. The molecule has 6 nitrogen and oxygen atoms in total. The Hall–Kier alpha value is -3.36. The molecule has 0 bridgehead atoms. The van der Waals surface area contributed by atoms with Gasteiger partial charge < -0.3 is 4.90 Å². The maximum absolute atomic E-state index is 13.5. The van der Waals surface area contributed by atoms with E-state index < -0.39 is 0 Å². The molecular formula is C24H20N4O2S2. The van der Waals surface area contributed by atoms with Crippen LogP contribution in [-0.4, -0.2) is 23.2 Å². The van der Waals surface area contributed by atoms with Crippen LogP contribution in [-0.2, 0) is 11.3 Å². The second-order valence-electron chi connectivity index (χ2n) is 7.39. The summed E-state index contributed by atoms with van der Waals surface area (Å²) >= 11 is 2.91. The molecule has 0 saturated carbocycles. The molecule has 32 heavy (non-hydrogen) atoms. The van der Waals surface area contributed by atoms with Crippen LogP contribution in [0.3, 0.4) is 0 Å². The molecule has 3 heterocycles. The first-order valence-electron chi connectivity index (χ1n) is 10.1. The number of carbonyl (C=O) groups is 1. The van der Waals surface area contributed by atoms with E-state index in [2.05, 4.69) is 11.7 Å². The number of carbonyl (C=O) groups excluding carboxylic acids is 1. The normalized spacial score (nSPS) is 18.8. The van der Waals surface area contributed by atoms with Crippen molar-refractivity contribution in [2.75, 3.05) is 17.0 Å². The Morgan fingerprint density at radius 1 is 1.06 bits per heavy atom. The molecule has 0 atom stereocenters. The van der Waals surface area contributed by atoms with Gasteiger partial charge in [0, 0.05) is 18.5 Å². The van der Waals surface area contributed by atoms with Gasteiger partial charge in [0.1, 0.15) is 14.2 Å². The SMILES string of the molecule is C=CCn1c(=O)/c(=C2/Sc3ccccc3N2C)s/c1=C1\C(=O)N(c2ccccc2)N=C1C. The fraction of sp³-hybridized carbons (Fsp3) is 0.125. The van der Waals surface area contributed by atoms with Crippen LogP contribution < -0.4 is 24.7 Å². The fourth-order valence-corrected chi connectivity index (χ4v) is 6.37. The lowest BCUT2D eigenvalue weighted by Gasteiger charge is -2.11. The predicted octanol–water partition coefficient (Wildman–Crippen LogP) is 2.98. The summed E-state index contributed by atoms with van der Waals surface area (Å²) in [5, 5.41) is 6.75. The smallest absolute Gasteiger partial charge is 0.283 e. The molecule has 2 aliphatic heterocycles. The number of amides is 1. The quantitative estimate of drug-likeness (QED) is 0.564. The van der Waals surface area contributed by atoms with E-state index in [1.165, 1.54) is 16.3 Å². The van der Waals surface area contributed by atoms with Crippen molar-refractivity contribution in [3.63, 3.8) is 0 Å². The maximum atomic E-state index is 13.5. The highest BCUT2D eigenvalue weighted by Crippen LogP contribution is 2.44. The molecule has 0 saturated heterocycles. The van der Waals surface area contributed by atoms with E-state index in [9.17, 15) is 9.59 Å². The molecule has 2 aromatic carbocycles. The van der Waals surface area contributed by atoms with Crippen molar-refractivity contribution in [1.29, 1.82) is 0 Å². The third-order valence-electron chi connectivity index (χ3n) is 5.36. The molecule has 3 aromatic rings. The van der Waals surface area contributed by atoms with E-state index in [0.717, 1.165) is 15.6 Å². The molecular weight excluding hydrogens is 440 g/mol. The van der Waals surface area contributed by atoms with E-state index in [1.54, 1.807) is 29.3 Å². The molecule has 0 fully saturated rings. The van der Waals surface area contributed by atoms with E-state index in [0.29, 0.717) is 32.7 Å². The molecule has 5 rings (SSSR count). The van der Waals surface area contributed by atoms with Crippen molar-refractivity contribution in [3.8, 4) is 0 Å². The zero-order chi connectivity index (χ0) is 22.4. The number of anilines is 2. The van der Waals surface area contributed by atoms with Crippen LogP contribution in [0.2, 0.25) is 0 Å². The number of benzene rings is 2. The van der Waals surface area contributed by atoms with E-state index in [1.807, 2.05) is 66.5 Å². The average Bonchev–Trinajstić information content (AvgIpc) is 3.41. The van der Waals surface area contributed by atoms with Gasteiger partial charge in [-0.25, -0.2) is 0 Å². The van der Waals surface area contributed by atoms with Crippen LogP contribution in [0.15, 0.2) is 82.0 Å². The Morgan fingerprint density at radius 3 is 2.50 bits per heavy atom. The lowest BCUT2D eigenvalue weighted by molar-refractivity contribution is -0.112. The van der Waals surface area contributed by atoms with Gasteiger partial charge in [-0.1, -0.05) is 48.2 Å². The number of thioether (sulfide) groups is 1. The first-order valence-corrected chi connectivity index (χ1v) is 11.7. The van der Waals surface area contributed by atoms with Gasteiger partial charge in [0.05, 0.1) is 22.7 Å². The van der Waals surface area contributed by atoms with Crippen molar-refractivity contribution in [2.24, 2.45) is 5.10 Å². The number of hydrogen-bond donors (Lipinski definition) is 0. The topological polar surface area (TPSA) is 57.9 Å². The number of nitrogens with zero attached hydrogens (tertiary/aromatic N) is 4. The summed E-state index contributed by atoms with van der Waals surface area (Å²) < 4.78 is 2.84. The molecule has 160 valence electrons. The van der Waals surface area contributed by atoms with E-state index in [4.69, 9.17) is 0 Å². The monoisotopic (exact) mass is 460 g/mol. The number of hydrazone groups is 1. The lowest BCUT2D eigenvalue weighted by Crippen LogP contribution is -2.35. The standard InChI is InChI=1S/C24H20N4O2S2/c1-4-14-27-22(30)20(24-26(3)17-12-8-9-13-18(17)31-24)32-23(27)19-15(2)25-28(21(19)29)16-10-6-5-7-11-16/h4-13H,1,14H2,2-3H3/b23-19-,24-20-. The highest BCUT2D eigenvalue weighted by atomic mass is 32.2. The first kappa shape index (κ1) is 20.5. The molecule has 8 heteroatoms. The van der Waals surface area contributed by atoms with Crippen molar-refractivity contribution in [3.05, 3.63) is 86.8 Å². The van der Waals surface area contributed by atoms with Crippen LogP contribution >= 0.6 is 23.1 Å². The molecule has 0 aliphatic carbocycles. The number of thiazole rings is 1. The molecule has 1 aromatic heterocycles. The van der Waals surface area contributed by atoms with Crippen LogP contribution in [0.1, 0.15) is 6.92 Å². The fourth-order valence-electron chi connectivity index (χ4n) is 3.82. The minimum Gasteiger partial charge on any atom is -0.337 e. The van der Waals surface area contributed by atoms with Gasteiger partial charge in [0.2, 0.25) is 0 Å². The number of fused-ring (bicyclic) bond motifs is 1. The molecule has 0 N–H and O–H groups in total. The number of rotatable bonds is 3. The Labute approximate surface area is 193 Å². The van der Waals surface area contributed by atoms with E-state index >= 15 is 0 Å². The largest absolute Gasteiger partial charge is 0.337 e. The van der Waals surface area contributed by atoms with Gasteiger partial charge in [-0.15, -0.1) is 17.9 Å². The van der Waals surface area contributed by atoms with Crippen molar-refractivity contribution < 1.29 is 4.79 Å². The number of para-hydroxylation sites is 2. The summed E-state index contributed by atoms with van der Waals surface area (Å²) in [7, 11) is 1.96. The molecule has 0 spiro atoms. The molecule has 0 unspecified atom stereocenters. The third-order valence-corrected chi connectivity index (χ3v) is 7.92. The molecule has 2 aliphatic rings. The second kappa shape index (κ2) is 7.96. The Morgan fingerprint density at radius 2 is 1.78 bits per heavy atom. The molecule has 0 radical (unpaired) electrons. The van der Waals surface area contributed by atoms with Crippen molar-refractivity contribution >= 4 is 56.7 Å². The Bertz CT molecular complexity index is 1470. The number of aromatic nitrogens is 1. The maximum Gasteiger partial charge on any atom is 0.283 e. The van der Waals surface area contributed by atoms with Gasteiger partial charge in [0.25, 0.3) is 11.5 Å². The predicted molar refractivity (Wildman–Crippen MR) is 133 cm³/mol. The highest BCUT2D eigenvalue weighted by molar-refractivity contribution is 8.08. The van der Waals surface area contributed by atoms with Crippen LogP contribution in [0.5, 0.6) is 0 Å². The lowest BCUT2D eigenvalue weighted by atomic mass is 10.2. The van der Waals surface area contributed by atoms with Crippen LogP contribution in [0, 0.1) is 0 Å². The summed E-state index contributed by atoms with van der Waals surface area (Å²) in [4.78, 5) is 30.0. The minimum absolute atomic E-state index is 0.127. The van der Waals surface area contributed by atoms with Gasteiger partial charge in [-0.3, -0.25) is 14.2 Å². The first-order chi connectivity index (χ1) is 15.5. The second-order valence-corrected chi connectivity index (χ2v) is 9.42. The van der Waals surface area contributed by atoms with Crippen LogP contribution in [0.25, 0.3) is 10.6 Å². The van der Waals surface area contributed by atoms with Crippen LogP contribution in [0.4, 0.5) is 11.4 Å². The zero-order valence-corrected chi connectivity index (χ0v) is 19.2. The van der Waals surface area contributed by atoms with E-state index in [-0.39, 0.29) is 11.5 Å². The molecule has 1 amide bonds. The van der Waals surface area contributed by atoms with Gasteiger partial charge in [0.15, 0.2) is 0 Å². The minimum atomic E-state index is -0.236. The summed E-state index contributed by atoms with van der Waals surface area (Å²) in [5.41, 5.74) is 2.67. The highest BCUT2D eigenvalue weighted by Gasteiger charge is 2.32. The number of allylic oxidation sites excluding steroid dienone is 1. The van der Waals surface area contributed by atoms with Gasteiger partial charge >= 0.3 is 0 Å². The van der Waals surface area contributed by atoms with Crippen molar-refractivity contribution in [1.82, 2.24) is 4.57 Å². The van der Waals surface area contributed by atoms with Gasteiger partial charge in [-0.2, -0.15) is 10.1 Å². The Kier molecular flexibility index (Phi) is 5.11. The summed E-state index contributed by atoms with van der Waals surface area (Å²) in [5.74, 6) is -0.236. The zero-order valence-electron chi connectivity index (χ0n) is 17.6. The summed E-state index contributed by atoms with van der Waals surface area (Å²) in [6.07, 6.45) is 1.67. The average molecular weight is 461 g/mol. The number of hydrogen-bond acceptors (Lipinski definition) is 6. The Balaban J connectivity index is 1.74. The third kappa shape index (κ3) is 3.14. The van der Waals surface area contributed by atoms with Crippen molar-refractivity contribution in [2.45, 2.75) is 18.4 Å².